The average molecular weight is 228 g/mol. The van der Waals surface area contributed by atoms with Gasteiger partial charge < -0.3 is 9.73 Å². The second kappa shape index (κ2) is 6.70. The Hall–Kier alpha value is -0.730. The van der Waals surface area contributed by atoms with Crippen molar-refractivity contribution in [3.05, 3.63) is 35.8 Å². The summed E-state index contributed by atoms with van der Waals surface area (Å²) >= 11 is 5.76. The van der Waals surface area contributed by atoms with Crippen LogP contribution < -0.4 is 5.32 Å². The van der Waals surface area contributed by atoms with Gasteiger partial charge in [0.25, 0.3) is 0 Å². The van der Waals surface area contributed by atoms with Crippen LogP contribution in [0.25, 0.3) is 0 Å². The summed E-state index contributed by atoms with van der Waals surface area (Å²) in [5.74, 6) is 0.922. The zero-order valence-electron chi connectivity index (χ0n) is 9.13. The fourth-order valence-corrected chi connectivity index (χ4v) is 1.73. The molecule has 1 aromatic heterocycles. The van der Waals surface area contributed by atoms with Crippen molar-refractivity contribution in [2.75, 3.05) is 6.54 Å². The van der Waals surface area contributed by atoms with Crippen molar-refractivity contribution in [2.45, 2.75) is 32.2 Å². The summed E-state index contributed by atoms with van der Waals surface area (Å²) in [6.07, 6.45) is 5.14. The molecule has 1 unspecified atom stereocenters. The van der Waals surface area contributed by atoms with E-state index >= 15 is 0 Å². The minimum atomic E-state index is 0.266. The van der Waals surface area contributed by atoms with Crippen LogP contribution in [0.2, 0.25) is 5.22 Å². The molecule has 0 aromatic carbocycles. The molecular formula is C12H18ClNO. The molecule has 1 aromatic rings. The van der Waals surface area contributed by atoms with E-state index in [4.69, 9.17) is 16.0 Å². The number of hydrogen-bond acceptors (Lipinski definition) is 2. The second-order valence-electron chi connectivity index (χ2n) is 3.47. The fraction of sp³-hybridized carbons (Fsp3) is 0.500. The standard InChI is InChI=1S/C12H18ClNO/c1-3-5-6-7-10(14-4-2)11-8-9-12(13)15-11/h3,8-10,14H,1,4-7H2,2H3. The summed E-state index contributed by atoms with van der Waals surface area (Å²) in [6, 6.07) is 3.99. The monoisotopic (exact) mass is 227 g/mol. The van der Waals surface area contributed by atoms with Gasteiger partial charge in [-0.25, -0.2) is 0 Å². The summed E-state index contributed by atoms with van der Waals surface area (Å²) in [5.41, 5.74) is 0. The van der Waals surface area contributed by atoms with Crippen LogP contribution in [0, 0.1) is 0 Å². The zero-order chi connectivity index (χ0) is 11.1. The van der Waals surface area contributed by atoms with E-state index in [0.717, 1.165) is 31.6 Å². The highest BCUT2D eigenvalue weighted by Gasteiger charge is 2.13. The van der Waals surface area contributed by atoms with Gasteiger partial charge in [-0.3, -0.25) is 0 Å². The average Bonchev–Trinajstić information content (AvgIpc) is 2.64. The predicted octanol–water partition coefficient (Wildman–Crippen LogP) is 3.94. The highest BCUT2D eigenvalue weighted by atomic mass is 35.5. The normalized spacial score (nSPS) is 12.7. The van der Waals surface area contributed by atoms with Gasteiger partial charge >= 0.3 is 0 Å². The molecule has 0 bridgehead atoms. The zero-order valence-corrected chi connectivity index (χ0v) is 9.89. The molecule has 2 nitrogen and oxygen atoms in total. The number of halogens is 1. The van der Waals surface area contributed by atoms with Crippen molar-refractivity contribution in [2.24, 2.45) is 0 Å². The smallest absolute Gasteiger partial charge is 0.193 e. The number of furan rings is 1. The quantitative estimate of drug-likeness (QED) is 0.564. The lowest BCUT2D eigenvalue weighted by Gasteiger charge is -2.14. The Bertz CT molecular complexity index is 296. The first-order chi connectivity index (χ1) is 7.27. The van der Waals surface area contributed by atoms with E-state index in [1.54, 1.807) is 6.07 Å². The maximum absolute atomic E-state index is 5.76. The molecule has 15 heavy (non-hydrogen) atoms. The number of hydrogen-bond donors (Lipinski definition) is 1. The van der Waals surface area contributed by atoms with Crippen molar-refractivity contribution in [3.63, 3.8) is 0 Å². The molecule has 0 saturated carbocycles. The summed E-state index contributed by atoms with van der Waals surface area (Å²) in [4.78, 5) is 0. The minimum absolute atomic E-state index is 0.266. The van der Waals surface area contributed by atoms with Crippen LogP contribution in [0.15, 0.2) is 29.2 Å². The molecule has 0 fully saturated rings. The SMILES string of the molecule is C=CCCCC(NCC)c1ccc(Cl)o1. The number of unbranched alkanes of at least 4 members (excludes halogenated alkanes) is 1. The van der Waals surface area contributed by atoms with E-state index in [1.807, 2.05) is 12.1 Å². The Morgan fingerprint density at radius 1 is 1.60 bits per heavy atom. The number of rotatable bonds is 7. The van der Waals surface area contributed by atoms with Gasteiger partial charge in [-0.15, -0.1) is 6.58 Å². The van der Waals surface area contributed by atoms with Crippen molar-refractivity contribution in [1.82, 2.24) is 5.32 Å². The molecule has 0 amide bonds. The molecule has 0 saturated heterocycles. The van der Waals surface area contributed by atoms with E-state index in [2.05, 4.69) is 18.8 Å². The first-order valence-electron chi connectivity index (χ1n) is 5.37. The Balaban J connectivity index is 2.52. The predicted molar refractivity (Wildman–Crippen MR) is 64.2 cm³/mol. The lowest BCUT2D eigenvalue weighted by molar-refractivity contribution is 0.396. The van der Waals surface area contributed by atoms with Crippen molar-refractivity contribution in [3.8, 4) is 0 Å². The highest BCUT2D eigenvalue weighted by Crippen LogP contribution is 2.23. The molecule has 1 N–H and O–H groups in total. The molecule has 1 atom stereocenters. The third-order valence-electron chi connectivity index (χ3n) is 2.29. The van der Waals surface area contributed by atoms with E-state index in [-0.39, 0.29) is 6.04 Å². The van der Waals surface area contributed by atoms with E-state index in [0.29, 0.717) is 5.22 Å². The highest BCUT2D eigenvalue weighted by molar-refractivity contribution is 6.28. The van der Waals surface area contributed by atoms with Gasteiger partial charge in [0.1, 0.15) is 5.76 Å². The fourth-order valence-electron chi connectivity index (χ4n) is 1.57. The molecular weight excluding hydrogens is 210 g/mol. The van der Waals surface area contributed by atoms with Gasteiger partial charge in [0, 0.05) is 0 Å². The van der Waals surface area contributed by atoms with Crippen LogP contribution in [0.1, 0.15) is 38.0 Å². The van der Waals surface area contributed by atoms with Crippen LogP contribution in [0.5, 0.6) is 0 Å². The van der Waals surface area contributed by atoms with E-state index < -0.39 is 0 Å². The molecule has 1 heterocycles. The third-order valence-corrected chi connectivity index (χ3v) is 2.49. The number of nitrogens with one attached hydrogen (secondary N) is 1. The van der Waals surface area contributed by atoms with Gasteiger partial charge in [-0.05, 0) is 49.5 Å². The molecule has 84 valence electrons. The Kier molecular flexibility index (Phi) is 5.51. The van der Waals surface area contributed by atoms with Crippen molar-refractivity contribution >= 4 is 11.6 Å². The van der Waals surface area contributed by atoms with Crippen molar-refractivity contribution < 1.29 is 4.42 Å². The molecule has 0 radical (unpaired) electrons. The Morgan fingerprint density at radius 3 is 2.93 bits per heavy atom. The summed E-state index contributed by atoms with van der Waals surface area (Å²) < 4.78 is 5.41. The molecule has 3 heteroatoms. The van der Waals surface area contributed by atoms with Gasteiger partial charge in [0.15, 0.2) is 5.22 Å². The van der Waals surface area contributed by atoms with Gasteiger partial charge in [-0.2, -0.15) is 0 Å². The van der Waals surface area contributed by atoms with Crippen LogP contribution in [0.4, 0.5) is 0 Å². The third kappa shape index (κ3) is 4.10. The second-order valence-corrected chi connectivity index (χ2v) is 3.84. The summed E-state index contributed by atoms with van der Waals surface area (Å²) in [6.45, 7) is 6.73. The molecule has 0 aliphatic rings. The molecule has 0 aliphatic carbocycles. The van der Waals surface area contributed by atoms with Crippen LogP contribution >= 0.6 is 11.6 Å². The minimum Gasteiger partial charge on any atom is -0.448 e. The number of allylic oxidation sites excluding steroid dienone is 1. The van der Waals surface area contributed by atoms with Crippen LogP contribution in [0.3, 0.4) is 0 Å². The maximum Gasteiger partial charge on any atom is 0.193 e. The molecule has 0 aliphatic heterocycles. The molecule has 0 spiro atoms. The lowest BCUT2D eigenvalue weighted by atomic mass is 10.1. The van der Waals surface area contributed by atoms with E-state index in [1.165, 1.54) is 0 Å². The Morgan fingerprint density at radius 2 is 2.40 bits per heavy atom. The maximum atomic E-state index is 5.76. The van der Waals surface area contributed by atoms with Gasteiger partial charge in [0.2, 0.25) is 0 Å². The Labute approximate surface area is 96.3 Å². The molecule has 1 rings (SSSR count). The van der Waals surface area contributed by atoms with Crippen molar-refractivity contribution in [1.29, 1.82) is 0 Å². The van der Waals surface area contributed by atoms with Crippen LogP contribution in [-0.4, -0.2) is 6.54 Å². The largest absolute Gasteiger partial charge is 0.448 e. The van der Waals surface area contributed by atoms with E-state index in [9.17, 15) is 0 Å². The first-order valence-corrected chi connectivity index (χ1v) is 5.75. The van der Waals surface area contributed by atoms with Gasteiger partial charge in [-0.1, -0.05) is 13.0 Å². The van der Waals surface area contributed by atoms with Crippen LogP contribution in [-0.2, 0) is 0 Å². The summed E-state index contributed by atoms with van der Waals surface area (Å²) in [7, 11) is 0. The first kappa shape index (κ1) is 12.3. The topological polar surface area (TPSA) is 25.2 Å². The van der Waals surface area contributed by atoms with Gasteiger partial charge in [0.05, 0.1) is 6.04 Å². The summed E-state index contributed by atoms with van der Waals surface area (Å²) in [5, 5.41) is 3.84. The lowest BCUT2D eigenvalue weighted by Crippen LogP contribution is -2.20.